The number of benzene rings is 2. The smallest absolute Gasteiger partial charge is 0.191 e. The maximum atomic E-state index is 5.78. The summed E-state index contributed by atoms with van der Waals surface area (Å²) >= 11 is 0. The standard InChI is InChI=1S/C22H28N6O/c1-3-21-27-26-17-28(21)14-13-24-22(23-2)25-15-18-9-11-19(12-10-18)16-29-20-7-5-4-6-8-20/h4-12,17H,3,13-16H2,1-2H3,(H2,23,24,25). The molecule has 29 heavy (non-hydrogen) atoms. The highest BCUT2D eigenvalue weighted by atomic mass is 16.5. The Morgan fingerprint density at radius 1 is 1.03 bits per heavy atom. The molecule has 2 N–H and O–H groups in total. The molecule has 7 heteroatoms. The van der Waals surface area contributed by atoms with Crippen molar-refractivity contribution >= 4 is 5.96 Å². The predicted octanol–water partition coefficient (Wildman–Crippen LogP) is 2.78. The molecule has 1 aromatic heterocycles. The van der Waals surface area contributed by atoms with Gasteiger partial charge in [0.15, 0.2) is 5.96 Å². The number of hydrogen-bond donors (Lipinski definition) is 2. The largest absolute Gasteiger partial charge is 0.489 e. The van der Waals surface area contributed by atoms with Gasteiger partial charge in [0.1, 0.15) is 24.5 Å². The topological polar surface area (TPSA) is 76.4 Å². The lowest BCUT2D eigenvalue weighted by Crippen LogP contribution is -2.38. The third-order valence-corrected chi connectivity index (χ3v) is 4.51. The molecule has 0 spiro atoms. The summed E-state index contributed by atoms with van der Waals surface area (Å²) in [4.78, 5) is 4.28. The number of ether oxygens (including phenoxy) is 1. The lowest BCUT2D eigenvalue weighted by molar-refractivity contribution is 0.306. The Morgan fingerprint density at radius 2 is 1.79 bits per heavy atom. The van der Waals surface area contributed by atoms with Crippen LogP contribution in [0.5, 0.6) is 5.75 Å². The van der Waals surface area contributed by atoms with Gasteiger partial charge in [-0.1, -0.05) is 49.4 Å². The summed E-state index contributed by atoms with van der Waals surface area (Å²) in [5, 5.41) is 14.7. The maximum absolute atomic E-state index is 5.78. The first kappa shape index (κ1) is 20.4. The lowest BCUT2D eigenvalue weighted by Gasteiger charge is -2.13. The van der Waals surface area contributed by atoms with E-state index in [1.54, 1.807) is 13.4 Å². The number of hydrogen-bond acceptors (Lipinski definition) is 4. The Morgan fingerprint density at radius 3 is 2.52 bits per heavy atom. The quantitative estimate of drug-likeness (QED) is 0.433. The zero-order valence-electron chi connectivity index (χ0n) is 17.0. The number of nitrogens with one attached hydrogen (secondary N) is 2. The van der Waals surface area contributed by atoms with E-state index in [1.165, 1.54) is 5.56 Å². The monoisotopic (exact) mass is 392 g/mol. The number of aryl methyl sites for hydroxylation is 1. The molecule has 0 saturated carbocycles. The van der Waals surface area contributed by atoms with Crippen molar-refractivity contribution in [3.63, 3.8) is 0 Å². The molecule has 0 radical (unpaired) electrons. The van der Waals surface area contributed by atoms with Crippen molar-refractivity contribution in [2.75, 3.05) is 13.6 Å². The fraction of sp³-hybridized carbons (Fsp3) is 0.318. The molecule has 0 aliphatic rings. The van der Waals surface area contributed by atoms with Crippen LogP contribution in [0.25, 0.3) is 0 Å². The summed E-state index contributed by atoms with van der Waals surface area (Å²) in [5.41, 5.74) is 2.32. The Hall–Kier alpha value is -3.35. The Labute approximate surface area is 171 Å². The van der Waals surface area contributed by atoms with Crippen LogP contribution in [0.4, 0.5) is 0 Å². The van der Waals surface area contributed by atoms with Gasteiger partial charge in [0.05, 0.1) is 0 Å². The first-order valence-corrected chi connectivity index (χ1v) is 9.85. The number of nitrogens with zero attached hydrogens (tertiary/aromatic N) is 4. The summed E-state index contributed by atoms with van der Waals surface area (Å²) in [6.07, 6.45) is 2.64. The van der Waals surface area contributed by atoms with Gasteiger partial charge >= 0.3 is 0 Å². The van der Waals surface area contributed by atoms with Crippen LogP contribution in [-0.4, -0.2) is 34.3 Å². The number of aromatic nitrogens is 3. The third-order valence-electron chi connectivity index (χ3n) is 4.51. The molecule has 0 bridgehead atoms. The summed E-state index contributed by atoms with van der Waals surface area (Å²) in [7, 11) is 1.77. The summed E-state index contributed by atoms with van der Waals surface area (Å²) in [5.74, 6) is 2.64. The van der Waals surface area contributed by atoms with Gasteiger partial charge in [-0.2, -0.15) is 0 Å². The summed E-state index contributed by atoms with van der Waals surface area (Å²) in [6, 6.07) is 18.2. The van der Waals surface area contributed by atoms with E-state index in [2.05, 4.69) is 61.6 Å². The maximum Gasteiger partial charge on any atom is 0.191 e. The minimum atomic E-state index is 0.559. The van der Waals surface area contributed by atoms with Crippen molar-refractivity contribution in [2.24, 2.45) is 4.99 Å². The molecule has 0 aliphatic heterocycles. The summed E-state index contributed by atoms with van der Waals surface area (Å²) in [6.45, 7) is 4.89. The van der Waals surface area contributed by atoms with Crippen LogP contribution in [0.1, 0.15) is 23.9 Å². The predicted molar refractivity (Wildman–Crippen MR) is 115 cm³/mol. The molecule has 1 heterocycles. The van der Waals surface area contributed by atoms with Crippen LogP contribution in [0.2, 0.25) is 0 Å². The highest BCUT2D eigenvalue weighted by molar-refractivity contribution is 5.79. The Kier molecular flexibility index (Phi) is 7.63. The average molecular weight is 393 g/mol. The van der Waals surface area contributed by atoms with Crippen molar-refractivity contribution in [2.45, 2.75) is 33.0 Å². The number of aliphatic imine (C=N–C) groups is 1. The average Bonchev–Trinajstić information content (AvgIpc) is 3.23. The van der Waals surface area contributed by atoms with E-state index in [0.717, 1.165) is 42.6 Å². The molecular weight excluding hydrogens is 364 g/mol. The zero-order chi connectivity index (χ0) is 20.3. The highest BCUT2D eigenvalue weighted by Gasteiger charge is 2.03. The molecule has 3 rings (SSSR count). The van der Waals surface area contributed by atoms with Crippen molar-refractivity contribution in [1.82, 2.24) is 25.4 Å². The van der Waals surface area contributed by atoms with Gasteiger partial charge in [-0.25, -0.2) is 0 Å². The van der Waals surface area contributed by atoms with Crippen LogP contribution in [0.15, 0.2) is 65.9 Å². The van der Waals surface area contributed by atoms with Crippen molar-refractivity contribution in [3.8, 4) is 5.75 Å². The SMILES string of the molecule is CCc1nncn1CCNC(=NC)NCc1ccc(COc2ccccc2)cc1. The van der Waals surface area contributed by atoms with E-state index in [9.17, 15) is 0 Å². The number of rotatable bonds is 9. The van der Waals surface area contributed by atoms with Crippen LogP contribution in [0, 0.1) is 0 Å². The van der Waals surface area contributed by atoms with E-state index in [1.807, 2.05) is 30.3 Å². The highest BCUT2D eigenvalue weighted by Crippen LogP contribution is 2.12. The molecule has 2 aromatic carbocycles. The molecule has 0 saturated heterocycles. The minimum absolute atomic E-state index is 0.559. The molecule has 0 atom stereocenters. The first-order valence-electron chi connectivity index (χ1n) is 9.85. The lowest BCUT2D eigenvalue weighted by atomic mass is 10.1. The van der Waals surface area contributed by atoms with Gasteiger partial charge < -0.3 is 19.9 Å². The fourth-order valence-electron chi connectivity index (χ4n) is 2.88. The van der Waals surface area contributed by atoms with E-state index in [4.69, 9.17) is 4.74 Å². The van der Waals surface area contributed by atoms with Crippen LogP contribution < -0.4 is 15.4 Å². The molecule has 0 aliphatic carbocycles. The van der Waals surface area contributed by atoms with Crippen molar-refractivity contribution in [1.29, 1.82) is 0 Å². The van der Waals surface area contributed by atoms with E-state index in [-0.39, 0.29) is 0 Å². The van der Waals surface area contributed by atoms with Crippen molar-refractivity contribution < 1.29 is 4.74 Å². The molecule has 0 fully saturated rings. The van der Waals surface area contributed by atoms with Crippen LogP contribution >= 0.6 is 0 Å². The fourth-order valence-corrected chi connectivity index (χ4v) is 2.88. The van der Waals surface area contributed by atoms with E-state index < -0.39 is 0 Å². The van der Waals surface area contributed by atoms with Gasteiger partial charge in [-0.05, 0) is 23.3 Å². The van der Waals surface area contributed by atoms with Crippen LogP contribution in [0.3, 0.4) is 0 Å². The molecule has 3 aromatic rings. The second kappa shape index (κ2) is 10.8. The molecular formula is C22H28N6O. The van der Waals surface area contributed by atoms with Gasteiger partial charge in [0.2, 0.25) is 0 Å². The normalized spacial score (nSPS) is 11.3. The second-order valence-corrected chi connectivity index (χ2v) is 6.56. The first-order chi connectivity index (χ1) is 14.3. The molecule has 0 unspecified atom stereocenters. The van der Waals surface area contributed by atoms with Gasteiger partial charge in [-0.3, -0.25) is 4.99 Å². The molecule has 152 valence electrons. The number of para-hydroxylation sites is 1. The van der Waals surface area contributed by atoms with E-state index >= 15 is 0 Å². The second-order valence-electron chi connectivity index (χ2n) is 6.56. The third kappa shape index (κ3) is 6.34. The van der Waals surface area contributed by atoms with Gasteiger partial charge in [0.25, 0.3) is 0 Å². The van der Waals surface area contributed by atoms with Crippen LogP contribution in [-0.2, 0) is 26.1 Å². The number of guanidine groups is 1. The van der Waals surface area contributed by atoms with Gasteiger partial charge in [0, 0.05) is 33.1 Å². The Bertz CT molecular complexity index is 889. The minimum Gasteiger partial charge on any atom is -0.489 e. The van der Waals surface area contributed by atoms with Gasteiger partial charge in [-0.15, -0.1) is 10.2 Å². The Balaban J connectivity index is 1.41. The van der Waals surface area contributed by atoms with E-state index in [0.29, 0.717) is 13.2 Å². The zero-order valence-corrected chi connectivity index (χ0v) is 17.0. The summed E-state index contributed by atoms with van der Waals surface area (Å²) < 4.78 is 7.84. The molecule has 0 amide bonds. The van der Waals surface area contributed by atoms with Crippen molar-refractivity contribution in [3.05, 3.63) is 77.9 Å². The molecule has 7 nitrogen and oxygen atoms in total.